The number of amides is 1. The Labute approximate surface area is 99.1 Å². The average molecular weight is 221 g/mol. The molecule has 16 heavy (non-hydrogen) atoms. The molecule has 0 saturated heterocycles. The fourth-order valence-corrected chi connectivity index (χ4v) is 1.22. The third kappa shape index (κ3) is 5.54. The molecular formula is C14H23NO. The van der Waals surface area contributed by atoms with Crippen molar-refractivity contribution in [3.8, 4) is 0 Å². The third-order valence-corrected chi connectivity index (χ3v) is 2.07. The van der Waals surface area contributed by atoms with Crippen LogP contribution in [0.2, 0.25) is 0 Å². The molecule has 0 atom stereocenters. The molecule has 0 aliphatic heterocycles. The number of benzene rings is 1. The first-order valence-electron chi connectivity index (χ1n) is 5.93. The Kier molecular flexibility index (Phi) is 7.27. The van der Waals surface area contributed by atoms with Crippen LogP contribution in [0.4, 0.5) is 0 Å². The Balaban J connectivity index is 0.00000106. The Morgan fingerprint density at radius 2 is 1.94 bits per heavy atom. The summed E-state index contributed by atoms with van der Waals surface area (Å²) in [6.07, 6.45) is 0. The zero-order valence-corrected chi connectivity index (χ0v) is 11.0. The van der Waals surface area contributed by atoms with E-state index in [-0.39, 0.29) is 11.8 Å². The van der Waals surface area contributed by atoms with Gasteiger partial charge in [0.1, 0.15) is 0 Å². The number of hydrogen-bond donors (Lipinski definition) is 1. The summed E-state index contributed by atoms with van der Waals surface area (Å²) in [5.41, 5.74) is 2.38. The van der Waals surface area contributed by atoms with E-state index >= 15 is 0 Å². The van der Waals surface area contributed by atoms with E-state index in [0.29, 0.717) is 6.54 Å². The zero-order chi connectivity index (χ0) is 12.6. The molecule has 90 valence electrons. The number of nitrogens with one attached hydrogen (secondary N) is 1. The second kappa shape index (κ2) is 7.91. The molecule has 1 aromatic carbocycles. The maximum Gasteiger partial charge on any atom is 0.222 e. The van der Waals surface area contributed by atoms with Gasteiger partial charge in [-0.05, 0) is 12.5 Å². The number of carbonyl (C=O) groups excluding carboxylic acids is 1. The van der Waals surface area contributed by atoms with Crippen molar-refractivity contribution in [1.29, 1.82) is 0 Å². The molecule has 1 aromatic rings. The second-order valence-electron chi connectivity index (χ2n) is 3.86. The molecule has 1 N–H and O–H groups in total. The SMILES string of the molecule is CC.Cc1cccc(CNC(=O)C(C)C)c1. The summed E-state index contributed by atoms with van der Waals surface area (Å²) in [6.45, 7) is 10.5. The van der Waals surface area contributed by atoms with Gasteiger partial charge in [0.2, 0.25) is 5.91 Å². The predicted octanol–water partition coefficient (Wildman–Crippen LogP) is 3.29. The number of aryl methyl sites for hydroxylation is 1. The second-order valence-corrected chi connectivity index (χ2v) is 3.86. The van der Waals surface area contributed by atoms with E-state index < -0.39 is 0 Å². The molecule has 0 aliphatic rings. The molecule has 0 aliphatic carbocycles. The lowest BCUT2D eigenvalue weighted by Crippen LogP contribution is -2.27. The van der Waals surface area contributed by atoms with Gasteiger partial charge in [0, 0.05) is 12.5 Å². The molecule has 0 spiro atoms. The minimum Gasteiger partial charge on any atom is -0.352 e. The lowest BCUT2D eigenvalue weighted by atomic mass is 10.1. The van der Waals surface area contributed by atoms with Crippen LogP contribution in [0.3, 0.4) is 0 Å². The molecule has 0 bridgehead atoms. The number of carbonyl (C=O) groups is 1. The molecule has 0 aromatic heterocycles. The average Bonchev–Trinajstić information content (AvgIpc) is 2.28. The first-order valence-corrected chi connectivity index (χ1v) is 5.93. The summed E-state index contributed by atoms with van der Waals surface area (Å²) in [5.74, 6) is 0.159. The first kappa shape index (κ1) is 14.7. The van der Waals surface area contributed by atoms with E-state index in [1.54, 1.807) is 0 Å². The van der Waals surface area contributed by atoms with Crippen molar-refractivity contribution in [2.45, 2.75) is 41.2 Å². The summed E-state index contributed by atoms with van der Waals surface area (Å²) in [4.78, 5) is 11.3. The van der Waals surface area contributed by atoms with Crippen LogP contribution in [-0.2, 0) is 11.3 Å². The third-order valence-electron chi connectivity index (χ3n) is 2.07. The molecule has 0 radical (unpaired) electrons. The molecule has 0 fully saturated rings. The van der Waals surface area contributed by atoms with Gasteiger partial charge in [0.15, 0.2) is 0 Å². The Morgan fingerprint density at radius 3 is 2.44 bits per heavy atom. The van der Waals surface area contributed by atoms with Crippen LogP contribution >= 0.6 is 0 Å². The summed E-state index contributed by atoms with van der Waals surface area (Å²) in [7, 11) is 0. The molecule has 0 unspecified atom stereocenters. The molecular weight excluding hydrogens is 198 g/mol. The van der Waals surface area contributed by atoms with Gasteiger partial charge < -0.3 is 5.32 Å². The van der Waals surface area contributed by atoms with Gasteiger partial charge in [-0.15, -0.1) is 0 Å². The van der Waals surface area contributed by atoms with E-state index in [2.05, 4.69) is 11.4 Å². The van der Waals surface area contributed by atoms with Crippen LogP contribution in [0, 0.1) is 12.8 Å². The van der Waals surface area contributed by atoms with Crippen LogP contribution in [0.25, 0.3) is 0 Å². The summed E-state index contributed by atoms with van der Waals surface area (Å²) < 4.78 is 0. The quantitative estimate of drug-likeness (QED) is 0.833. The highest BCUT2D eigenvalue weighted by Gasteiger charge is 2.05. The molecule has 2 heteroatoms. The number of hydrogen-bond acceptors (Lipinski definition) is 1. The van der Waals surface area contributed by atoms with E-state index in [1.165, 1.54) is 5.56 Å². The van der Waals surface area contributed by atoms with Gasteiger partial charge >= 0.3 is 0 Å². The lowest BCUT2D eigenvalue weighted by molar-refractivity contribution is -0.124. The lowest BCUT2D eigenvalue weighted by Gasteiger charge is -2.07. The molecule has 1 amide bonds. The topological polar surface area (TPSA) is 29.1 Å². The van der Waals surface area contributed by atoms with Crippen molar-refractivity contribution in [2.75, 3.05) is 0 Å². The standard InChI is InChI=1S/C12H17NO.C2H6/c1-9(2)12(14)13-8-11-6-4-5-10(3)7-11;1-2/h4-7,9H,8H2,1-3H3,(H,13,14);1-2H3. The smallest absolute Gasteiger partial charge is 0.222 e. The van der Waals surface area contributed by atoms with Gasteiger partial charge in [-0.3, -0.25) is 4.79 Å². The van der Waals surface area contributed by atoms with Crippen LogP contribution in [0.5, 0.6) is 0 Å². The van der Waals surface area contributed by atoms with E-state index in [9.17, 15) is 4.79 Å². The van der Waals surface area contributed by atoms with Crippen molar-refractivity contribution in [1.82, 2.24) is 5.32 Å². The van der Waals surface area contributed by atoms with Gasteiger partial charge in [-0.1, -0.05) is 57.5 Å². The molecule has 0 heterocycles. The van der Waals surface area contributed by atoms with Gasteiger partial charge in [-0.25, -0.2) is 0 Å². The van der Waals surface area contributed by atoms with E-state index in [1.807, 2.05) is 52.8 Å². The largest absolute Gasteiger partial charge is 0.352 e. The minimum atomic E-state index is 0.0554. The normalized spacial score (nSPS) is 9.38. The summed E-state index contributed by atoms with van der Waals surface area (Å²) in [5, 5.41) is 2.89. The molecule has 1 rings (SSSR count). The van der Waals surface area contributed by atoms with Crippen molar-refractivity contribution >= 4 is 5.91 Å². The first-order chi connectivity index (χ1) is 7.59. The molecule has 2 nitrogen and oxygen atoms in total. The maximum atomic E-state index is 11.3. The number of rotatable bonds is 3. The summed E-state index contributed by atoms with van der Waals surface area (Å²) >= 11 is 0. The highest BCUT2D eigenvalue weighted by Crippen LogP contribution is 2.03. The van der Waals surface area contributed by atoms with Gasteiger partial charge in [0.05, 0.1) is 0 Å². The zero-order valence-electron chi connectivity index (χ0n) is 11.0. The summed E-state index contributed by atoms with van der Waals surface area (Å²) in [6, 6.07) is 8.16. The Morgan fingerprint density at radius 1 is 1.31 bits per heavy atom. The highest BCUT2D eigenvalue weighted by molar-refractivity contribution is 5.77. The molecule has 0 saturated carbocycles. The monoisotopic (exact) mass is 221 g/mol. The van der Waals surface area contributed by atoms with Crippen molar-refractivity contribution in [2.24, 2.45) is 5.92 Å². The highest BCUT2D eigenvalue weighted by atomic mass is 16.1. The van der Waals surface area contributed by atoms with Crippen molar-refractivity contribution in [3.63, 3.8) is 0 Å². The van der Waals surface area contributed by atoms with Crippen LogP contribution < -0.4 is 5.32 Å². The minimum absolute atomic E-state index is 0.0554. The predicted molar refractivity (Wildman–Crippen MR) is 69.2 cm³/mol. The van der Waals surface area contributed by atoms with Crippen LogP contribution in [0.15, 0.2) is 24.3 Å². The fraction of sp³-hybridized carbons (Fsp3) is 0.500. The van der Waals surface area contributed by atoms with Gasteiger partial charge in [0.25, 0.3) is 0 Å². The van der Waals surface area contributed by atoms with Gasteiger partial charge in [-0.2, -0.15) is 0 Å². The van der Waals surface area contributed by atoms with Crippen LogP contribution in [-0.4, -0.2) is 5.91 Å². The van der Waals surface area contributed by atoms with E-state index in [0.717, 1.165) is 5.56 Å². The fourth-order valence-electron chi connectivity index (χ4n) is 1.22. The Hall–Kier alpha value is -1.31. The van der Waals surface area contributed by atoms with Crippen LogP contribution in [0.1, 0.15) is 38.8 Å². The maximum absolute atomic E-state index is 11.3. The van der Waals surface area contributed by atoms with E-state index in [4.69, 9.17) is 0 Å². The van der Waals surface area contributed by atoms with Crippen molar-refractivity contribution < 1.29 is 4.79 Å². The Bertz CT molecular complexity index is 318. The van der Waals surface area contributed by atoms with Crippen molar-refractivity contribution in [3.05, 3.63) is 35.4 Å².